The van der Waals surface area contributed by atoms with Gasteiger partial charge in [0.1, 0.15) is 0 Å². The first-order chi connectivity index (χ1) is 7.24. The van der Waals surface area contributed by atoms with Crippen LogP contribution in [0.2, 0.25) is 0 Å². The molecule has 1 aromatic carbocycles. The Morgan fingerprint density at radius 1 is 1.27 bits per heavy atom. The minimum atomic E-state index is 0.151. The summed E-state index contributed by atoms with van der Waals surface area (Å²) in [6.07, 6.45) is 3.03. The topological polar surface area (TPSA) is 22.0 Å². The van der Waals surface area contributed by atoms with E-state index in [2.05, 4.69) is 11.5 Å². The molecule has 78 valence electrons. The molecule has 0 fully saturated rings. The maximum absolute atomic E-state index is 11.9. The predicted molar refractivity (Wildman–Crippen MR) is 63.2 cm³/mol. The van der Waals surface area contributed by atoms with Gasteiger partial charge in [-0.05, 0) is 25.5 Å². The summed E-state index contributed by atoms with van der Waals surface area (Å²) in [5.41, 5.74) is 2.01. The highest BCUT2D eigenvalue weighted by molar-refractivity contribution is 5.79. The molecule has 0 saturated carbocycles. The minimum absolute atomic E-state index is 0.151. The van der Waals surface area contributed by atoms with E-state index >= 15 is 0 Å². The van der Waals surface area contributed by atoms with Crippen molar-refractivity contribution in [3.05, 3.63) is 46.2 Å². The summed E-state index contributed by atoms with van der Waals surface area (Å²) in [7, 11) is 0. The molecule has 2 rings (SSSR count). The molecular formula is C13H15NO. The van der Waals surface area contributed by atoms with Crippen molar-refractivity contribution >= 4 is 10.9 Å². The molecule has 0 saturated heterocycles. The van der Waals surface area contributed by atoms with E-state index in [9.17, 15) is 4.79 Å². The zero-order chi connectivity index (χ0) is 10.8. The van der Waals surface area contributed by atoms with E-state index in [1.54, 1.807) is 0 Å². The van der Waals surface area contributed by atoms with Gasteiger partial charge in [-0.15, -0.1) is 0 Å². The van der Waals surface area contributed by atoms with Crippen LogP contribution >= 0.6 is 0 Å². The highest BCUT2D eigenvalue weighted by Crippen LogP contribution is 2.11. The summed E-state index contributed by atoms with van der Waals surface area (Å²) in [5.74, 6) is 0. The fourth-order valence-electron chi connectivity index (χ4n) is 1.92. The molecule has 2 heteroatoms. The van der Waals surface area contributed by atoms with E-state index in [-0.39, 0.29) is 5.43 Å². The molecule has 15 heavy (non-hydrogen) atoms. The molecule has 0 aliphatic carbocycles. The average Bonchev–Trinajstić information content (AvgIpc) is 2.26. The minimum Gasteiger partial charge on any atom is -0.347 e. The van der Waals surface area contributed by atoms with Crippen molar-refractivity contribution in [2.75, 3.05) is 0 Å². The van der Waals surface area contributed by atoms with Crippen LogP contribution in [0.5, 0.6) is 0 Å². The van der Waals surface area contributed by atoms with Gasteiger partial charge in [-0.3, -0.25) is 4.79 Å². The number of aryl methyl sites for hydroxylation is 2. The third-order valence-electron chi connectivity index (χ3n) is 2.63. The van der Waals surface area contributed by atoms with Crippen LogP contribution in [0, 0.1) is 6.92 Å². The van der Waals surface area contributed by atoms with Crippen molar-refractivity contribution in [3.63, 3.8) is 0 Å². The Balaban J connectivity index is 2.82. The monoisotopic (exact) mass is 201 g/mol. The molecule has 1 aromatic heterocycles. The van der Waals surface area contributed by atoms with Crippen molar-refractivity contribution in [1.82, 2.24) is 4.57 Å². The maximum Gasteiger partial charge on any atom is 0.192 e. The fourth-order valence-corrected chi connectivity index (χ4v) is 1.92. The molecular weight excluding hydrogens is 186 g/mol. The lowest BCUT2D eigenvalue weighted by Gasteiger charge is -2.10. The van der Waals surface area contributed by atoms with Crippen LogP contribution in [0.25, 0.3) is 10.9 Å². The van der Waals surface area contributed by atoms with Gasteiger partial charge >= 0.3 is 0 Å². The van der Waals surface area contributed by atoms with Gasteiger partial charge in [-0.1, -0.05) is 19.1 Å². The summed E-state index contributed by atoms with van der Waals surface area (Å²) in [6, 6.07) is 7.80. The molecule has 0 unspecified atom stereocenters. The molecule has 0 atom stereocenters. The molecule has 2 nitrogen and oxygen atoms in total. The SMILES string of the molecule is CCCn1cc(C)c(=O)c2ccccc21. The van der Waals surface area contributed by atoms with Crippen molar-refractivity contribution in [1.29, 1.82) is 0 Å². The smallest absolute Gasteiger partial charge is 0.192 e. The van der Waals surface area contributed by atoms with Crippen LogP contribution in [-0.4, -0.2) is 4.57 Å². The van der Waals surface area contributed by atoms with Crippen LogP contribution in [0.15, 0.2) is 35.3 Å². The van der Waals surface area contributed by atoms with Gasteiger partial charge in [-0.25, -0.2) is 0 Å². The second kappa shape index (κ2) is 3.89. The van der Waals surface area contributed by atoms with Crippen LogP contribution in [0.4, 0.5) is 0 Å². The molecule has 0 aliphatic heterocycles. The molecule has 0 aliphatic rings. The van der Waals surface area contributed by atoms with E-state index in [4.69, 9.17) is 0 Å². The number of hydrogen-bond acceptors (Lipinski definition) is 1. The van der Waals surface area contributed by atoms with Gasteiger partial charge in [0, 0.05) is 23.7 Å². The Morgan fingerprint density at radius 3 is 2.73 bits per heavy atom. The lowest BCUT2D eigenvalue weighted by molar-refractivity contribution is 0.695. The predicted octanol–water partition coefficient (Wildman–Crippen LogP) is 2.72. The second-order valence-corrected chi connectivity index (χ2v) is 3.85. The number of pyridine rings is 1. The van der Waals surface area contributed by atoms with E-state index in [1.165, 1.54) is 0 Å². The van der Waals surface area contributed by atoms with Gasteiger partial charge in [-0.2, -0.15) is 0 Å². The first-order valence-electron chi connectivity index (χ1n) is 5.33. The van der Waals surface area contributed by atoms with Gasteiger partial charge < -0.3 is 4.57 Å². The Morgan fingerprint density at radius 2 is 2.00 bits per heavy atom. The quantitative estimate of drug-likeness (QED) is 0.732. The standard InChI is InChI=1S/C13H15NO/c1-3-8-14-9-10(2)13(15)11-6-4-5-7-12(11)14/h4-7,9H,3,8H2,1-2H3. The number of benzene rings is 1. The molecule has 1 heterocycles. The van der Waals surface area contributed by atoms with Crippen molar-refractivity contribution in [3.8, 4) is 0 Å². The van der Waals surface area contributed by atoms with E-state index < -0.39 is 0 Å². The number of rotatable bonds is 2. The Bertz CT molecular complexity index is 540. The highest BCUT2D eigenvalue weighted by atomic mass is 16.1. The normalized spacial score (nSPS) is 10.8. The number of fused-ring (bicyclic) bond motifs is 1. The largest absolute Gasteiger partial charge is 0.347 e. The molecule has 2 aromatic rings. The number of hydrogen-bond donors (Lipinski definition) is 0. The van der Waals surface area contributed by atoms with Gasteiger partial charge in [0.15, 0.2) is 5.43 Å². The number of nitrogens with zero attached hydrogens (tertiary/aromatic N) is 1. The van der Waals surface area contributed by atoms with Crippen molar-refractivity contribution in [2.24, 2.45) is 0 Å². The lowest BCUT2D eigenvalue weighted by Crippen LogP contribution is -2.12. The second-order valence-electron chi connectivity index (χ2n) is 3.85. The summed E-state index contributed by atoms with van der Waals surface area (Å²) in [6.45, 7) is 4.98. The Labute approximate surface area is 89.2 Å². The summed E-state index contributed by atoms with van der Waals surface area (Å²) in [5, 5.41) is 0.825. The molecule has 0 amide bonds. The third-order valence-corrected chi connectivity index (χ3v) is 2.63. The fraction of sp³-hybridized carbons (Fsp3) is 0.308. The van der Waals surface area contributed by atoms with E-state index in [0.717, 1.165) is 29.4 Å². The Kier molecular flexibility index (Phi) is 2.58. The first kappa shape index (κ1) is 9.97. The number of aromatic nitrogens is 1. The molecule has 0 spiro atoms. The summed E-state index contributed by atoms with van der Waals surface area (Å²) < 4.78 is 2.16. The Hall–Kier alpha value is -1.57. The zero-order valence-electron chi connectivity index (χ0n) is 9.16. The highest BCUT2D eigenvalue weighted by Gasteiger charge is 2.04. The van der Waals surface area contributed by atoms with Crippen LogP contribution < -0.4 is 5.43 Å². The number of para-hydroxylation sites is 1. The third kappa shape index (κ3) is 1.67. The van der Waals surface area contributed by atoms with Gasteiger partial charge in [0.05, 0.1) is 5.52 Å². The summed E-state index contributed by atoms with van der Waals surface area (Å²) >= 11 is 0. The molecule has 0 radical (unpaired) electrons. The average molecular weight is 201 g/mol. The van der Waals surface area contributed by atoms with Crippen LogP contribution in [0.1, 0.15) is 18.9 Å². The van der Waals surface area contributed by atoms with E-state index in [1.807, 2.05) is 37.4 Å². The zero-order valence-corrected chi connectivity index (χ0v) is 9.16. The van der Waals surface area contributed by atoms with Gasteiger partial charge in [0.2, 0.25) is 0 Å². The maximum atomic E-state index is 11.9. The van der Waals surface area contributed by atoms with Crippen molar-refractivity contribution in [2.45, 2.75) is 26.8 Å². The van der Waals surface area contributed by atoms with E-state index in [0.29, 0.717) is 0 Å². The molecule has 0 bridgehead atoms. The lowest BCUT2D eigenvalue weighted by atomic mass is 10.1. The molecule has 0 N–H and O–H groups in total. The van der Waals surface area contributed by atoms with Crippen LogP contribution in [0.3, 0.4) is 0 Å². The summed E-state index contributed by atoms with van der Waals surface area (Å²) in [4.78, 5) is 11.9. The van der Waals surface area contributed by atoms with Crippen molar-refractivity contribution < 1.29 is 0 Å². The first-order valence-corrected chi connectivity index (χ1v) is 5.33. The van der Waals surface area contributed by atoms with Crippen LogP contribution in [-0.2, 0) is 6.54 Å². The van der Waals surface area contributed by atoms with Gasteiger partial charge in [0.25, 0.3) is 0 Å².